The summed E-state index contributed by atoms with van der Waals surface area (Å²) in [4.78, 5) is 19.6. The van der Waals surface area contributed by atoms with E-state index in [1.165, 1.54) is 0 Å². The lowest BCUT2D eigenvalue weighted by Crippen LogP contribution is -2.53. The fraction of sp³-hybridized carbons (Fsp3) is 0.286. The summed E-state index contributed by atoms with van der Waals surface area (Å²) in [6.07, 6.45) is 1.80. The minimum Gasteiger partial charge on any atom is -0.360 e. The summed E-state index contributed by atoms with van der Waals surface area (Å²) in [5.74, 6) is 0.651. The van der Waals surface area contributed by atoms with E-state index in [2.05, 4.69) is 28.3 Å². The van der Waals surface area contributed by atoms with Gasteiger partial charge >= 0.3 is 0 Å². The predicted molar refractivity (Wildman–Crippen MR) is 105 cm³/mol. The van der Waals surface area contributed by atoms with Gasteiger partial charge in [0.15, 0.2) is 11.5 Å². The Morgan fingerprint density at radius 1 is 1.00 bits per heavy atom. The van der Waals surface area contributed by atoms with Crippen LogP contribution in [0.15, 0.2) is 59.4 Å². The second-order valence-corrected chi connectivity index (χ2v) is 7.37. The number of hydrogen-bond acceptors (Lipinski definition) is 5. The van der Waals surface area contributed by atoms with Gasteiger partial charge in [0.1, 0.15) is 5.66 Å². The summed E-state index contributed by atoms with van der Waals surface area (Å²) in [6.45, 7) is 1.92. The molecule has 27 heavy (non-hydrogen) atoms. The van der Waals surface area contributed by atoms with E-state index in [1.54, 1.807) is 0 Å². The molecular formula is C21H21N5O. The molecule has 0 aliphatic carbocycles. The van der Waals surface area contributed by atoms with Crippen molar-refractivity contribution in [2.24, 2.45) is 0 Å². The number of likely N-dealkylation sites (tertiary alicyclic amines) is 1. The first-order valence-electron chi connectivity index (χ1n) is 9.30. The van der Waals surface area contributed by atoms with Gasteiger partial charge in [-0.05, 0) is 19.2 Å². The van der Waals surface area contributed by atoms with Gasteiger partial charge in [-0.25, -0.2) is 4.68 Å². The smallest absolute Gasteiger partial charge is 0.300 e. The highest BCUT2D eigenvalue weighted by molar-refractivity contribution is 5.76. The first-order chi connectivity index (χ1) is 13.2. The zero-order valence-corrected chi connectivity index (χ0v) is 15.2. The molecule has 1 aromatic heterocycles. The molecule has 2 aliphatic heterocycles. The average molecular weight is 359 g/mol. The molecule has 1 saturated heterocycles. The lowest BCUT2D eigenvalue weighted by molar-refractivity contribution is 0.137. The van der Waals surface area contributed by atoms with Crippen molar-refractivity contribution in [3.63, 3.8) is 0 Å². The van der Waals surface area contributed by atoms with Crippen molar-refractivity contribution in [2.45, 2.75) is 18.5 Å². The maximum Gasteiger partial charge on any atom is 0.300 e. The maximum atomic E-state index is 12.8. The van der Waals surface area contributed by atoms with Gasteiger partial charge in [-0.2, -0.15) is 10.1 Å². The van der Waals surface area contributed by atoms with Crippen LogP contribution in [0, 0.1) is 0 Å². The number of nitrogens with one attached hydrogen (secondary N) is 1. The van der Waals surface area contributed by atoms with Gasteiger partial charge in [0, 0.05) is 42.7 Å². The molecule has 3 heterocycles. The van der Waals surface area contributed by atoms with Crippen LogP contribution in [0.2, 0.25) is 0 Å². The van der Waals surface area contributed by atoms with Gasteiger partial charge < -0.3 is 10.2 Å². The Labute approximate surface area is 157 Å². The Morgan fingerprint density at radius 3 is 2.48 bits per heavy atom. The van der Waals surface area contributed by atoms with Crippen molar-refractivity contribution in [1.82, 2.24) is 19.7 Å². The molecule has 0 saturated carbocycles. The molecule has 0 amide bonds. The predicted octanol–water partition coefficient (Wildman–Crippen LogP) is 2.78. The Kier molecular flexibility index (Phi) is 3.62. The molecule has 2 aliphatic rings. The largest absolute Gasteiger partial charge is 0.360 e. The number of benzene rings is 2. The van der Waals surface area contributed by atoms with Crippen LogP contribution < -0.4 is 10.9 Å². The van der Waals surface area contributed by atoms with Crippen molar-refractivity contribution in [2.75, 3.05) is 25.5 Å². The van der Waals surface area contributed by atoms with E-state index >= 15 is 0 Å². The minimum atomic E-state index is -0.361. The minimum absolute atomic E-state index is 0.285. The lowest BCUT2D eigenvalue weighted by Gasteiger charge is -2.46. The summed E-state index contributed by atoms with van der Waals surface area (Å²) >= 11 is 0. The standard InChI is InChI=1S/C21H21N5O/c1-25-13-11-21(12-14-25)23-17-10-6-5-9-16(17)19-22-20(27)18(24-26(19)21)15-7-3-2-4-8-15/h2-10,23H,11-14H2,1H3. The fourth-order valence-corrected chi connectivity index (χ4v) is 4.05. The number of para-hydroxylation sites is 1. The van der Waals surface area contributed by atoms with Crippen LogP contribution in [-0.4, -0.2) is 39.8 Å². The van der Waals surface area contributed by atoms with Gasteiger partial charge in [-0.3, -0.25) is 4.79 Å². The van der Waals surface area contributed by atoms with Gasteiger partial charge in [0.25, 0.3) is 5.56 Å². The monoisotopic (exact) mass is 359 g/mol. The zero-order chi connectivity index (χ0) is 18.4. The van der Waals surface area contributed by atoms with Crippen LogP contribution in [0.1, 0.15) is 12.8 Å². The summed E-state index contributed by atoms with van der Waals surface area (Å²) in [6, 6.07) is 17.6. The summed E-state index contributed by atoms with van der Waals surface area (Å²) < 4.78 is 1.96. The number of nitrogens with zero attached hydrogens (tertiary/aromatic N) is 4. The van der Waals surface area contributed by atoms with Crippen molar-refractivity contribution in [3.05, 3.63) is 65.0 Å². The Morgan fingerprint density at radius 2 is 1.70 bits per heavy atom. The highest BCUT2D eigenvalue weighted by atomic mass is 16.1. The Hall–Kier alpha value is -2.99. The van der Waals surface area contributed by atoms with Crippen LogP contribution in [-0.2, 0) is 5.66 Å². The van der Waals surface area contributed by atoms with Gasteiger partial charge in [0.05, 0.1) is 0 Å². The quantitative estimate of drug-likeness (QED) is 0.724. The molecule has 3 aromatic rings. The second-order valence-electron chi connectivity index (χ2n) is 7.37. The number of anilines is 1. The van der Waals surface area contributed by atoms with E-state index in [0.29, 0.717) is 11.5 Å². The van der Waals surface area contributed by atoms with Gasteiger partial charge in [-0.15, -0.1) is 0 Å². The molecule has 0 radical (unpaired) electrons. The normalized spacial score (nSPS) is 17.8. The summed E-state index contributed by atoms with van der Waals surface area (Å²) in [7, 11) is 2.14. The number of hydrogen-bond donors (Lipinski definition) is 1. The van der Waals surface area contributed by atoms with E-state index in [9.17, 15) is 4.79 Å². The molecule has 0 unspecified atom stereocenters. The van der Waals surface area contributed by atoms with Crippen LogP contribution in [0.4, 0.5) is 5.69 Å². The van der Waals surface area contributed by atoms with Crippen molar-refractivity contribution in [3.8, 4) is 22.6 Å². The fourth-order valence-electron chi connectivity index (χ4n) is 4.05. The molecule has 1 fully saturated rings. The number of fused-ring (bicyclic) bond motifs is 4. The molecular weight excluding hydrogens is 338 g/mol. The van der Waals surface area contributed by atoms with E-state index in [0.717, 1.165) is 42.7 Å². The van der Waals surface area contributed by atoms with Crippen molar-refractivity contribution < 1.29 is 0 Å². The Balaban J connectivity index is 1.75. The highest BCUT2D eigenvalue weighted by Gasteiger charge is 2.42. The van der Waals surface area contributed by atoms with E-state index in [1.807, 2.05) is 53.2 Å². The van der Waals surface area contributed by atoms with Gasteiger partial charge in [-0.1, -0.05) is 42.5 Å². The summed E-state index contributed by atoms with van der Waals surface area (Å²) in [5, 5.41) is 8.56. The van der Waals surface area contributed by atoms with Crippen molar-refractivity contribution in [1.29, 1.82) is 0 Å². The van der Waals surface area contributed by atoms with Crippen LogP contribution in [0.3, 0.4) is 0 Å². The van der Waals surface area contributed by atoms with E-state index < -0.39 is 0 Å². The summed E-state index contributed by atoms with van der Waals surface area (Å²) in [5.41, 5.74) is 2.49. The molecule has 1 spiro atoms. The maximum absolute atomic E-state index is 12.8. The lowest BCUT2D eigenvalue weighted by atomic mass is 9.93. The van der Waals surface area contributed by atoms with E-state index in [-0.39, 0.29) is 11.2 Å². The number of piperidine rings is 1. The van der Waals surface area contributed by atoms with Crippen LogP contribution >= 0.6 is 0 Å². The third kappa shape index (κ3) is 2.56. The average Bonchev–Trinajstić information content (AvgIpc) is 2.71. The third-order valence-corrected chi connectivity index (χ3v) is 5.61. The molecule has 6 nitrogen and oxygen atoms in total. The molecule has 0 bridgehead atoms. The zero-order valence-electron chi connectivity index (χ0n) is 15.2. The molecule has 1 N–H and O–H groups in total. The first kappa shape index (κ1) is 16.2. The van der Waals surface area contributed by atoms with Crippen LogP contribution in [0.25, 0.3) is 22.6 Å². The molecule has 136 valence electrons. The van der Waals surface area contributed by atoms with E-state index in [4.69, 9.17) is 5.10 Å². The number of aromatic nitrogens is 3. The Bertz CT molecular complexity index is 1050. The molecule has 0 atom stereocenters. The highest BCUT2D eigenvalue weighted by Crippen LogP contribution is 2.41. The van der Waals surface area contributed by atoms with Crippen molar-refractivity contribution >= 4 is 5.69 Å². The third-order valence-electron chi connectivity index (χ3n) is 5.61. The SMILES string of the molecule is CN1CCC2(CC1)Nc1ccccc1-c1nc(=O)c(-c3ccccc3)nn12. The molecule has 2 aromatic carbocycles. The first-order valence-corrected chi connectivity index (χ1v) is 9.30. The topological polar surface area (TPSA) is 63.1 Å². The molecule has 5 rings (SSSR count). The van der Waals surface area contributed by atoms with Gasteiger partial charge in [0.2, 0.25) is 0 Å². The van der Waals surface area contributed by atoms with Crippen LogP contribution in [0.5, 0.6) is 0 Å². The number of rotatable bonds is 1. The second kappa shape index (κ2) is 6.03. The molecule has 6 heteroatoms.